The number of Topliss-reactive ketones (excluding diaryl/α,β-unsaturated/α-hetero) is 1. The highest BCUT2D eigenvalue weighted by molar-refractivity contribution is 6.00. The van der Waals surface area contributed by atoms with Crippen LogP contribution in [-0.4, -0.2) is 33.4 Å². The monoisotopic (exact) mass is 543 g/mol. The van der Waals surface area contributed by atoms with Crippen LogP contribution in [0.15, 0.2) is 110 Å². The number of rotatable bonds is 10. The average molecular weight is 544 g/mol. The van der Waals surface area contributed by atoms with E-state index in [1.54, 1.807) is 18.6 Å². The predicted molar refractivity (Wildman–Crippen MR) is 158 cm³/mol. The van der Waals surface area contributed by atoms with Crippen LogP contribution in [0, 0.1) is 0 Å². The first-order valence-electron chi connectivity index (χ1n) is 13.2. The van der Waals surface area contributed by atoms with Gasteiger partial charge in [-0.15, -0.1) is 0 Å². The second-order valence-electron chi connectivity index (χ2n) is 9.42. The highest BCUT2D eigenvalue weighted by Gasteiger charge is 2.18. The zero-order chi connectivity index (χ0) is 28.4. The number of benzene rings is 3. The summed E-state index contributed by atoms with van der Waals surface area (Å²) in [4.78, 5) is 38.3. The normalized spacial score (nSPS) is 10.6. The largest absolute Gasteiger partial charge is 0.445 e. The summed E-state index contributed by atoms with van der Waals surface area (Å²) in [6.45, 7) is 0.664. The molecule has 41 heavy (non-hydrogen) atoms. The number of anilines is 1. The molecule has 8 heteroatoms. The van der Waals surface area contributed by atoms with Crippen molar-refractivity contribution < 1.29 is 14.3 Å². The number of amides is 1. The highest BCUT2D eigenvalue weighted by Crippen LogP contribution is 2.25. The van der Waals surface area contributed by atoms with Crippen LogP contribution in [0.1, 0.15) is 27.2 Å². The van der Waals surface area contributed by atoms with Gasteiger partial charge in [0, 0.05) is 30.9 Å². The van der Waals surface area contributed by atoms with E-state index in [4.69, 9.17) is 10.5 Å². The second-order valence-corrected chi connectivity index (χ2v) is 9.42. The number of alkyl carbamates (subject to hydrolysis) is 1. The number of carbonyl (C=O) groups excluding carboxylic acids is 2. The third-order valence-electron chi connectivity index (χ3n) is 6.55. The lowest BCUT2D eigenvalue weighted by molar-refractivity contribution is 0.0989. The molecule has 5 aromatic rings. The van der Waals surface area contributed by atoms with Crippen molar-refractivity contribution in [1.82, 2.24) is 20.3 Å². The molecule has 1 amide bonds. The van der Waals surface area contributed by atoms with Gasteiger partial charge in [0.25, 0.3) is 0 Å². The lowest BCUT2D eigenvalue weighted by atomic mass is 9.97. The number of nitrogens with one attached hydrogen (secondary N) is 1. The van der Waals surface area contributed by atoms with Crippen molar-refractivity contribution >= 4 is 17.7 Å². The zero-order valence-electron chi connectivity index (χ0n) is 22.4. The number of pyridine rings is 1. The van der Waals surface area contributed by atoms with Crippen molar-refractivity contribution in [2.45, 2.75) is 19.4 Å². The summed E-state index contributed by atoms with van der Waals surface area (Å²) < 4.78 is 5.24. The molecule has 3 N–H and O–H groups in total. The molecule has 0 atom stereocenters. The van der Waals surface area contributed by atoms with E-state index in [9.17, 15) is 9.59 Å². The van der Waals surface area contributed by atoms with Gasteiger partial charge in [-0.25, -0.2) is 14.8 Å². The van der Waals surface area contributed by atoms with Crippen LogP contribution in [0.5, 0.6) is 0 Å². The minimum Gasteiger partial charge on any atom is -0.445 e. The molecule has 0 radical (unpaired) electrons. The van der Waals surface area contributed by atoms with Crippen molar-refractivity contribution in [3.8, 4) is 22.4 Å². The van der Waals surface area contributed by atoms with Gasteiger partial charge in [0.15, 0.2) is 11.6 Å². The van der Waals surface area contributed by atoms with E-state index >= 15 is 0 Å². The van der Waals surface area contributed by atoms with E-state index in [0.29, 0.717) is 18.7 Å². The second kappa shape index (κ2) is 13.1. The first-order chi connectivity index (χ1) is 20.1. The van der Waals surface area contributed by atoms with Crippen LogP contribution in [0.25, 0.3) is 22.4 Å². The Bertz CT molecular complexity index is 1620. The maximum Gasteiger partial charge on any atom is 0.407 e. The Kier molecular flexibility index (Phi) is 8.71. The molecule has 0 spiro atoms. The van der Waals surface area contributed by atoms with Gasteiger partial charge in [-0.05, 0) is 40.3 Å². The number of nitrogen functional groups attached to an aromatic ring is 1. The average Bonchev–Trinajstić information content (AvgIpc) is 3.02. The summed E-state index contributed by atoms with van der Waals surface area (Å²) in [5, 5.41) is 2.77. The molecule has 5 rings (SSSR count). The lowest BCUT2D eigenvalue weighted by Crippen LogP contribution is -2.26. The first-order valence-corrected chi connectivity index (χ1v) is 13.2. The Hall–Kier alpha value is -5.37. The summed E-state index contributed by atoms with van der Waals surface area (Å²) in [6.07, 6.45) is 5.24. The number of hydrogen-bond donors (Lipinski definition) is 2. The van der Waals surface area contributed by atoms with Crippen molar-refractivity contribution in [3.63, 3.8) is 0 Å². The maximum absolute atomic E-state index is 13.3. The Morgan fingerprint density at radius 1 is 0.805 bits per heavy atom. The van der Waals surface area contributed by atoms with Gasteiger partial charge in [-0.1, -0.05) is 84.9 Å². The molecule has 0 unspecified atom stereocenters. The minimum absolute atomic E-state index is 0.0887. The third-order valence-corrected chi connectivity index (χ3v) is 6.55. The molecule has 0 bridgehead atoms. The first kappa shape index (κ1) is 27.2. The van der Waals surface area contributed by atoms with Gasteiger partial charge < -0.3 is 15.8 Å². The van der Waals surface area contributed by atoms with Gasteiger partial charge >= 0.3 is 6.09 Å². The molecule has 0 saturated heterocycles. The molecule has 3 aromatic carbocycles. The third kappa shape index (κ3) is 7.19. The Labute approximate surface area is 238 Å². The van der Waals surface area contributed by atoms with Crippen LogP contribution in [0.4, 0.5) is 10.6 Å². The van der Waals surface area contributed by atoms with E-state index in [2.05, 4.69) is 20.3 Å². The molecule has 0 aliphatic carbocycles. The van der Waals surface area contributed by atoms with E-state index in [1.165, 1.54) is 0 Å². The van der Waals surface area contributed by atoms with Crippen LogP contribution in [-0.2, 0) is 24.2 Å². The zero-order valence-corrected chi connectivity index (χ0v) is 22.4. The van der Waals surface area contributed by atoms with E-state index in [0.717, 1.165) is 33.4 Å². The quantitative estimate of drug-likeness (QED) is 0.217. The fourth-order valence-electron chi connectivity index (χ4n) is 4.39. The summed E-state index contributed by atoms with van der Waals surface area (Å²) in [7, 11) is 0. The van der Waals surface area contributed by atoms with E-state index in [1.807, 2.05) is 91.0 Å². The number of ketones is 1. The van der Waals surface area contributed by atoms with Crippen LogP contribution in [0.2, 0.25) is 0 Å². The van der Waals surface area contributed by atoms with Gasteiger partial charge in [-0.3, -0.25) is 9.78 Å². The molecular weight excluding hydrogens is 514 g/mol. The van der Waals surface area contributed by atoms with Crippen LogP contribution >= 0.6 is 0 Å². The summed E-state index contributed by atoms with van der Waals surface area (Å²) in [6, 6.07) is 29.0. The van der Waals surface area contributed by atoms with Gasteiger partial charge in [0.1, 0.15) is 12.3 Å². The van der Waals surface area contributed by atoms with Crippen molar-refractivity contribution in [2.24, 2.45) is 0 Å². The fourth-order valence-corrected chi connectivity index (χ4v) is 4.39. The molecule has 0 fully saturated rings. The number of aromatic nitrogens is 3. The number of nitrogens with two attached hydrogens (primary N) is 1. The molecule has 0 aliphatic rings. The Balaban J connectivity index is 1.20. The summed E-state index contributed by atoms with van der Waals surface area (Å²) in [5.74, 6) is -0.144. The van der Waals surface area contributed by atoms with Crippen molar-refractivity contribution in [2.75, 3.05) is 12.3 Å². The van der Waals surface area contributed by atoms with E-state index < -0.39 is 6.09 Å². The summed E-state index contributed by atoms with van der Waals surface area (Å²) >= 11 is 0. The molecule has 0 saturated carbocycles. The number of ether oxygens (including phenoxy) is 1. The molecule has 8 nitrogen and oxygen atoms in total. The van der Waals surface area contributed by atoms with E-state index in [-0.39, 0.29) is 30.3 Å². The maximum atomic E-state index is 13.3. The molecule has 2 heterocycles. The lowest BCUT2D eigenvalue weighted by Gasteiger charge is -2.10. The molecule has 2 aromatic heterocycles. The number of hydrogen-bond acceptors (Lipinski definition) is 7. The van der Waals surface area contributed by atoms with Crippen LogP contribution < -0.4 is 11.1 Å². The van der Waals surface area contributed by atoms with Gasteiger partial charge in [0.2, 0.25) is 0 Å². The van der Waals surface area contributed by atoms with Gasteiger partial charge in [0.05, 0.1) is 11.9 Å². The van der Waals surface area contributed by atoms with Crippen molar-refractivity contribution in [1.29, 1.82) is 0 Å². The molecule has 204 valence electrons. The highest BCUT2D eigenvalue weighted by atomic mass is 16.5. The Morgan fingerprint density at radius 3 is 2.29 bits per heavy atom. The SMILES string of the molecule is Nc1ncc(-c2ccc(CCNC(=O)OCc3ccccc3)cc2)nc1C(=O)Cc1cnccc1-c1ccccc1. The fraction of sp³-hybridized carbons (Fsp3) is 0.121. The minimum atomic E-state index is -0.456. The van der Waals surface area contributed by atoms with Crippen LogP contribution in [0.3, 0.4) is 0 Å². The number of nitrogens with zero attached hydrogens (tertiary/aromatic N) is 3. The van der Waals surface area contributed by atoms with Gasteiger partial charge in [-0.2, -0.15) is 0 Å². The predicted octanol–water partition coefficient (Wildman–Crippen LogP) is 5.68. The standard InChI is InChI=1S/C33H29N5O3/c34-32-31(30(39)19-27-20-35-17-16-28(27)25-9-5-2-6-10-25)38-29(21-37-32)26-13-11-23(12-14-26)15-18-36-33(40)41-22-24-7-3-1-4-8-24/h1-14,16-17,20-21H,15,18-19,22H2,(H2,34,37)(H,36,40). The summed E-state index contributed by atoms with van der Waals surface area (Å²) in [5.41, 5.74) is 12.2. The molecule has 0 aliphatic heterocycles. The smallest absolute Gasteiger partial charge is 0.407 e. The Morgan fingerprint density at radius 2 is 1.54 bits per heavy atom. The topological polar surface area (TPSA) is 120 Å². The molecular formula is C33H29N5O3. The number of carbonyl (C=O) groups is 2. The van der Waals surface area contributed by atoms with Crippen molar-refractivity contribution in [3.05, 3.63) is 132 Å².